The van der Waals surface area contributed by atoms with Crippen molar-refractivity contribution in [1.82, 2.24) is 14.8 Å². The van der Waals surface area contributed by atoms with Gasteiger partial charge < -0.3 is 9.30 Å². The molecule has 0 amide bonds. The summed E-state index contributed by atoms with van der Waals surface area (Å²) in [6, 6.07) is 11.7. The van der Waals surface area contributed by atoms with Crippen LogP contribution in [0.2, 0.25) is 10.0 Å². The topological polar surface area (TPSA) is 39.9 Å². The molecule has 0 atom stereocenters. The molecule has 136 valence electrons. The SMILES string of the molecule is Cc1ccc(OCc2nnc(SCc3ccc(Cl)c(Cl)c3)n2C)cc1C. The van der Waals surface area contributed by atoms with E-state index in [9.17, 15) is 0 Å². The minimum Gasteiger partial charge on any atom is -0.486 e. The van der Waals surface area contributed by atoms with Gasteiger partial charge >= 0.3 is 0 Å². The Morgan fingerprint density at radius 3 is 2.54 bits per heavy atom. The van der Waals surface area contributed by atoms with Crippen molar-refractivity contribution >= 4 is 35.0 Å². The van der Waals surface area contributed by atoms with E-state index in [-0.39, 0.29) is 0 Å². The van der Waals surface area contributed by atoms with Gasteiger partial charge in [0.25, 0.3) is 0 Å². The molecule has 0 saturated heterocycles. The molecule has 0 saturated carbocycles. The largest absolute Gasteiger partial charge is 0.486 e. The van der Waals surface area contributed by atoms with Gasteiger partial charge in [-0.2, -0.15) is 0 Å². The van der Waals surface area contributed by atoms with Crippen molar-refractivity contribution in [3.63, 3.8) is 0 Å². The molecule has 26 heavy (non-hydrogen) atoms. The molecule has 4 nitrogen and oxygen atoms in total. The van der Waals surface area contributed by atoms with E-state index in [1.165, 1.54) is 11.1 Å². The Balaban J connectivity index is 1.61. The van der Waals surface area contributed by atoms with Crippen molar-refractivity contribution in [2.75, 3.05) is 0 Å². The summed E-state index contributed by atoms with van der Waals surface area (Å²) in [5, 5.41) is 10.4. The lowest BCUT2D eigenvalue weighted by atomic mass is 10.1. The number of ether oxygens (including phenoxy) is 1. The summed E-state index contributed by atoms with van der Waals surface area (Å²) in [7, 11) is 1.94. The average Bonchev–Trinajstić information content (AvgIpc) is 2.97. The first-order valence-corrected chi connectivity index (χ1v) is 9.83. The van der Waals surface area contributed by atoms with Crippen LogP contribution in [0.1, 0.15) is 22.5 Å². The Hall–Kier alpha value is -1.69. The van der Waals surface area contributed by atoms with E-state index in [2.05, 4.69) is 30.1 Å². The molecule has 1 heterocycles. The summed E-state index contributed by atoms with van der Waals surface area (Å²) in [4.78, 5) is 0. The Morgan fingerprint density at radius 2 is 1.81 bits per heavy atom. The second-order valence-electron chi connectivity index (χ2n) is 6.03. The monoisotopic (exact) mass is 407 g/mol. The van der Waals surface area contributed by atoms with E-state index in [1.807, 2.05) is 35.9 Å². The lowest BCUT2D eigenvalue weighted by molar-refractivity contribution is 0.290. The molecule has 0 bridgehead atoms. The molecular formula is C19H19Cl2N3OS. The van der Waals surface area contributed by atoms with Crippen molar-refractivity contribution in [2.24, 2.45) is 7.05 Å². The predicted molar refractivity (Wildman–Crippen MR) is 107 cm³/mol. The van der Waals surface area contributed by atoms with Gasteiger partial charge in [-0.3, -0.25) is 0 Å². The Labute approximate surface area is 167 Å². The smallest absolute Gasteiger partial charge is 0.191 e. The molecule has 0 aliphatic heterocycles. The third kappa shape index (κ3) is 4.53. The fourth-order valence-corrected chi connectivity index (χ4v) is 3.52. The molecule has 3 rings (SSSR count). The Bertz CT molecular complexity index is 854. The van der Waals surface area contributed by atoms with Gasteiger partial charge in [0.1, 0.15) is 12.4 Å². The van der Waals surface area contributed by atoms with Crippen LogP contribution in [0.3, 0.4) is 0 Å². The normalized spacial score (nSPS) is 11.0. The van der Waals surface area contributed by atoms with E-state index in [0.717, 1.165) is 28.0 Å². The third-order valence-electron chi connectivity index (χ3n) is 4.12. The first-order valence-electron chi connectivity index (χ1n) is 8.09. The zero-order chi connectivity index (χ0) is 18.7. The van der Waals surface area contributed by atoms with Gasteiger partial charge in [-0.15, -0.1) is 10.2 Å². The number of hydrogen-bond acceptors (Lipinski definition) is 4. The fraction of sp³-hybridized carbons (Fsp3) is 0.263. The second kappa shape index (κ2) is 8.33. The van der Waals surface area contributed by atoms with E-state index >= 15 is 0 Å². The lowest BCUT2D eigenvalue weighted by Gasteiger charge is -2.08. The number of benzene rings is 2. The van der Waals surface area contributed by atoms with Crippen LogP contribution >= 0.6 is 35.0 Å². The molecule has 0 N–H and O–H groups in total. The fourth-order valence-electron chi connectivity index (χ4n) is 2.33. The highest BCUT2D eigenvalue weighted by Gasteiger charge is 2.11. The van der Waals surface area contributed by atoms with E-state index in [0.29, 0.717) is 16.7 Å². The Morgan fingerprint density at radius 1 is 1.00 bits per heavy atom. The first-order chi connectivity index (χ1) is 12.4. The van der Waals surface area contributed by atoms with E-state index < -0.39 is 0 Å². The van der Waals surface area contributed by atoms with Gasteiger partial charge in [-0.05, 0) is 54.8 Å². The first kappa shape index (κ1) is 19.1. The number of thioether (sulfide) groups is 1. The van der Waals surface area contributed by atoms with Crippen LogP contribution < -0.4 is 4.74 Å². The molecule has 0 aliphatic carbocycles. The molecule has 3 aromatic rings. The molecule has 7 heteroatoms. The van der Waals surface area contributed by atoms with Crippen LogP contribution in [0.5, 0.6) is 5.75 Å². The summed E-state index contributed by atoms with van der Waals surface area (Å²) >= 11 is 13.6. The van der Waals surface area contributed by atoms with Gasteiger partial charge in [-0.25, -0.2) is 0 Å². The van der Waals surface area contributed by atoms with Crippen LogP contribution in [0, 0.1) is 13.8 Å². The molecule has 0 unspecified atom stereocenters. The third-order valence-corrected chi connectivity index (χ3v) is 5.95. The number of aryl methyl sites for hydroxylation is 2. The summed E-state index contributed by atoms with van der Waals surface area (Å²) in [6.07, 6.45) is 0. The lowest BCUT2D eigenvalue weighted by Crippen LogP contribution is -2.04. The number of halogens is 2. The molecule has 2 aromatic carbocycles. The van der Waals surface area contributed by atoms with Crippen LogP contribution in [0.25, 0.3) is 0 Å². The summed E-state index contributed by atoms with van der Waals surface area (Å²) in [6.45, 7) is 4.53. The van der Waals surface area contributed by atoms with Crippen LogP contribution in [-0.4, -0.2) is 14.8 Å². The van der Waals surface area contributed by atoms with E-state index in [1.54, 1.807) is 17.8 Å². The molecule has 0 spiro atoms. The maximum absolute atomic E-state index is 6.06. The number of hydrogen-bond donors (Lipinski definition) is 0. The molecule has 1 aromatic heterocycles. The standard InChI is InChI=1S/C19H19Cl2N3OS/c1-12-4-6-15(8-13(12)2)25-10-18-22-23-19(24(18)3)26-11-14-5-7-16(20)17(21)9-14/h4-9H,10-11H2,1-3H3. The second-order valence-corrected chi connectivity index (χ2v) is 7.79. The predicted octanol–water partition coefficient (Wildman–Crippen LogP) is 5.61. The maximum Gasteiger partial charge on any atom is 0.191 e. The van der Waals surface area contributed by atoms with Crippen molar-refractivity contribution in [3.05, 3.63) is 69.0 Å². The van der Waals surface area contributed by atoms with Crippen LogP contribution in [0.4, 0.5) is 0 Å². The van der Waals surface area contributed by atoms with Crippen molar-refractivity contribution in [2.45, 2.75) is 31.4 Å². The van der Waals surface area contributed by atoms with E-state index in [4.69, 9.17) is 27.9 Å². The van der Waals surface area contributed by atoms with Crippen LogP contribution in [0.15, 0.2) is 41.6 Å². The average molecular weight is 408 g/mol. The van der Waals surface area contributed by atoms with Crippen molar-refractivity contribution in [1.29, 1.82) is 0 Å². The summed E-state index contributed by atoms with van der Waals surface area (Å²) in [5.41, 5.74) is 3.54. The summed E-state index contributed by atoms with van der Waals surface area (Å²) in [5.74, 6) is 2.35. The minimum absolute atomic E-state index is 0.374. The van der Waals surface area contributed by atoms with Gasteiger partial charge in [0, 0.05) is 12.8 Å². The number of nitrogens with zero attached hydrogens (tertiary/aromatic N) is 3. The maximum atomic E-state index is 6.06. The van der Waals surface area contributed by atoms with Gasteiger partial charge in [0.2, 0.25) is 0 Å². The molecule has 0 aliphatic rings. The van der Waals surface area contributed by atoms with Gasteiger partial charge in [-0.1, -0.05) is 47.1 Å². The molecule has 0 fully saturated rings. The zero-order valence-electron chi connectivity index (χ0n) is 14.8. The zero-order valence-corrected chi connectivity index (χ0v) is 17.1. The Kier molecular flexibility index (Phi) is 6.12. The minimum atomic E-state index is 0.374. The summed E-state index contributed by atoms with van der Waals surface area (Å²) < 4.78 is 7.80. The van der Waals surface area contributed by atoms with Gasteiger partial charge in [0.15, 0.2) is 11.0 Å². The number of rotatable bonds is 6. The highest BCUT2D eigenvalue weighted by Crippen LogP contribution is 2.27. The van der Waals surface area contributed by atoms with Gasteiger partial charge in [0.05, 0.1) is 10.0 Å². The van der Waals surface area contributed by atoms with Crippen LogP contribution in [-0.2, 0) is 19.4 Å². The highest BCUT2D eigenvalue weighted by atomic mass is 35.5. The molecular weight excluding hydrogens is 389 g/mol. The van der Waals surface area contributed by atoms with Crippen molar-refractivity contribution < 1.29 is 4.74 Å². The molecule has 0 radical (unpaired) electrons. The van der Waals surface area contributed by atoms with Crippen molar-refractivity contribution in [3.8, 4) is 5.75 Å². The quantitative estimate of drug-likeness (QED) is 0.497. The highest BCUT2D eigenvalue weighted by molar-refractivity contribution is 7.98. The number of aromatic nitrogens is 3.